The van der Waals surface area contributed by atoms with E-state index in [9.17, 15) is 18.0 Å². The third-order valence-corrected chi connectivity index (χ3v) is 2.43. The first kappa shape index (κ1) is 11.0. The Balaban J connectivity index is 2.86. The van der Waals surface area contributed by atoms with Gasteiger partial charge < -0.3 is 4.98 Å². The van der Waals surface area contributed by atoms with Crippen LogP contribution in [-0.2, 0) is 6.18 Å². The number of rotatable bonds is 0. The molecule has 0 spiro atoms. The van der Waals surface area contributed by atoms with Crippen LogP contribution in [0, 0.1) is 0 Å². The van der Waals surface area contributed by atoms with Crippen LogP contribution in [0.3, 0.4) is 0 Å². The SMILES string of the molecule is O=c1cc(C(F)(F)F)[nH]c2c(Cl)cccc12. The van der Waals surface area contributed by atoms with Gasteiger partial charge in [0.1, 0.15) is 5.69 Å². The summed E-state index contributed by atoms with van der Waals surface area (Å²) in [5, 5.41) is 0.223. The van der Waals surface area contributed by atoms with E-state index in [-0.39, 0.29) is 15.9 Å². The minimum Gasteiger partial charge on any atom is -0.350 e. The molecule has 0 unspecified atom stereocenters. The summed E-state index contributed by atoms with van der Waals surface area (Å²) >= 11 is 5.71. The maximum Gasteiger partial charge on any atom is 0.431 e. The van der Waals surface area contributed by atoms with Gasteiger partial charge in [-0.25, -0.2) is 0 Å². The van der Waals surface area contributed by atoms with Crippen molar-refractivity contribution in [1.29, 1.82) is 0 Å². The second-order valence-corrected chi connectivity index (χ2v) is 3.61. The van der Waals surface area contributed by atoms with E-state index in [2.05, 4.69) is 4.98 Å². The van der Waals surface area contributed by atoms with Crippen molar-refractivity contribution in [2.24, 2.45) is 0 Å². The first-order chi connectivity index (χ1) is 7.39. The van der Waals surface area contributed by atoms with E-state index in [1.165, 1.54) is 18.2 Å². The molecule has 0 atom stereocenters. The molecule has 0 saturated heterocycles. The summed E-state index contributed by atoms with van der Waals surface area (Å²) in [5.41, 5.74) is -1.80. The molecule has 2 rings (SSSR count). The average Bonchev–Trinajstić information content (AvgIpc) is 2.18. The number of benzene rings is 1. The Labute approximate surface area is 92.7 Å². The summed E-state index contributed by atoms with van der Waals surface area (Å²) in [5.74, 6) is 0. The molecule has 0 aliphatic carbocycles. The van der Waals surface area contributed by atoms with E-state index >= 15 is 0 Å². The van der Waals surface area contributed by atoms with E-state index < -0.39 is 17.3 Å². The van der Waals surface area contributed by atoms with Crippen LogP contribution in [0.4, 0.5) is 13.2 Å². The fourth-order valence-electron chi connectivity index (χ4n) is 1.39. The predicted octanol–water partition coefficient (Wildman–Crippen LogP) is 3.20. The number of hydrogen-bond acceptors (Lipinski definition) is 1. The number of H-pyrrole nitrogens is 1. The van der Waals surface area contributed by atoms with E-state index in [0.717, 1.165) is 0 Å². The van der Waals surface area contributed by atoms with Crippen LogP contribution in [0.15, 0.2) is 29.1 Å². The molecule has 1 heterocycles. The van der Waals surface area contributed by atoms with Crippen LogP contribution < -0.4 is 5.43 Å². The zero-order valence-electron chi connectivity index (χ0n) is 7.73. The van der Waals surface area contributed by atoms with Crippen molar-refractivity contribution in [3.05, 3.63) is 45.2 Å². The van der Waals surface area contributed by atoms with Gasteiger partial charge in [0.15, 0.2) is 5.43 Å². The van der Waals surface area contributed by atoms with E-state index in [1.54, 1.807) is 0 Å². The van der Waals surface area contributed by atoms with Gasteiger partial charge >= 0.3 is 6.18 Å². The summed E-state index contributed by atoms with van der Waals surface area (Å²) in [6.45, 7) is 0. The number of fused-ring (bicyclic) bond motifs is 1. The molecule has 0 amide bonds. The zero-order chi connectivity index (χ0) is 11.9. The normalized spacial score (nSPS) is 12.0. The van der Waals surface area contributed by atoms with E-state index in [0.29, 0.717) is 6.07 Å². The second kappa shape index (κ2) is 3.52. The monoisotopic (exact) mass is 247 g/mol. The predicted molar refractivity (Wildman–Crippen MR) is 54.6 cm³/mol. The van der Waals surface area contributed by atoms with E-state index in [1.807, 2.05) is 0 Å². The molecule has 0 saturated carbocycles. The lowest BCUT2D eigenvalue weighted by atomic mass is 10.2. The highest BCUT2D eigenvalue weighted by Gasteiger charge is 2.32. The van der Waals surface area contributed by atoms with Gasteiger partial charge in [-0.05, 0) is 12.1 Å². The molecule has 16 heavy (non-hydrogen) atoms. The number of halogens is 4. The molecule has 2 nitrogen and oxygen atoms in total. The Bertz CT molecular complexity index is 603. The number of aromatic nitrogens is 1. The van der Waals surface area contributed by atoms with Gasteiger partial charge in [-0.15, -0.1) is 0 Å². The summed E-state index contributed by atoms with van der Waals surface area (Å²) in [6, 6.07) is 4.87. The quantitative estimate of drug-likeness (QED) is 0.762. The number of alkyl halides is 3. The van der Waals surface area contributed by atoms with Gasteiger partial charge in [-0.1, -0.05) is 17.7 Å². The first-order valence-corrected chi connectivity index (χ1v) is 4.66. The third kappa shape index (κ3) is 1.78. The summed E-state index contributed by atoms with van der Waals surface area (Å²) in [6.07, 6.45) is -4.59. The Morgan fingerprint density at radius 3 is 2.56 bits per heavy atom. The molecule has 0 radical (unpaired) electrons. The summed E-state index contributed by atoms with van der Waals surface area (Å²) < 4.78 is 37.2. The molecular formula is C10H5ClF3NO. The highest BCUT2D eigenvalue weighted by atomic mass is 35.5. The van der Waals surface area contributed by atoms with Crippen LogP contribution in [0.2, 0.25) is 5.02 Å². The maximum absolute atomic E-state index is 12.4. The summed E-state index contributed by atoms with van der Waals surface area (Å²) in [4.78, 5) is 13.5. The Kier molecular flexibility index (Phi) is 2.42. The van der Waals surface area contributed by atoms with Gasteiger partial charge in [-0.2, -0.15) is 13.2 Å². The third-order valence-electron chi connectivity index (χ3n) is 2.12. The van der Waals surface area contributed by atoms with E-state index in [4.69, 9.17) is 11.6 Å². The number of para-hydroxylation sites is 1. The van der Waals surface area contributed by atoms with Gasteiger partial charge in [-0.3, -0.25) is 4.79 Å². The fraction of sp³-hybridized carbons (Fsp3) is 0.100. The second-order valence-electron chi connectivity index (χ2n) is 3.21. The topological polar surface area (TPSA) is 32.9 Å². The van der Waals surface area contributed by atoms with Crippen LogP contribution in [-0.4, -0.2) is 4.98 Å². The van der Waals surface area contributed by atoms with Gasteiger partial charge in [0.2, 0.25) is 0 Å². The molecule has 0 fully saturated rings. The minimum absolute atomic E-state index is 0.00370. The lowest BCUT2D eigenvalue weighted by Gasteiger charge is -2.08. The Hall–Kier alpha value is -1.49. The number of hydrogen-bond donors (Lipinski definition) is 1. The zero-order valence-corrected chi connectivity index (χ0v) is 8.49. The average molecular weight is 248 g/mol. The van der Waals surface area contributed by atoms with Crippen molar-refractivity contribution < 1.29 is 13.2 Å². The molecule has 6 heteroatoms. The molecule has 2 aromatic rings. The molecule has 84 valence electrons. The molecule has 1 N–H and O–H groups in total. The van der Waals surface area contributed by atoms with Crippen molar-refractivity contribution in [3.8, 4) is 0 Å². The van der Waals surface area contributed by atoms with Crippen LogP contribution in [0.1, 0.15) is 5.69 Å². The minimum atomic E-state index is -4.59. The largest absolute Gasteiger partial charge is 0.431 e. The van der Waals surface area contributed by atoms with Gasteiger partial charge in [0, 0.05) is 11.5 Å². The lowest BCUT2D eigenvalue weighted by molar-refractivity contribution is -0.141. The maximum atomic E-state index is 12.4. The number of aromatic amines is 1. The summed E-state index contributed by atoms with van der Waals surface area (Å²) in [7, 11) is 0. The molecule has 0 bridgehead atoms. The van der Waals surface area contributed by atoms with Crippen LogP contribution in [0.25, 0.3) is 10.9 Å². The molecule has 0 aliphatic heterocycles. The fourth-order valence-corrected chi connectivity index (χ4v) is 1.61. The highest BCUT2D eigenvalue weighted by molar-refractivity contribution is 6.35. The molecular weight excluding hydrogens is 243 g/mol. The lowest BCUT2D eigenvalue weighted by Crippen LogP contribution is -2.13. The standard InChI is InChI=1S/C10H5ClF3NO/c11-6-3-1-2-5-7(16)4-8(10(12,13)14)15-9(5)6/h1-4H,(H,15,16). The van der Waals surface area contributed by atoms with Crippen molar-refractivity contribution in [2.75, 3.05) is 0 Å². The van der Waals surface area contributed by atoms with Crippen molar-refractivity contribution >= 4 is 22.5 Å². The van der Waals surface area contributed by atoms with Crippen molar-refractivity contribution in [3.63, 3.8) is 0 Å². The van der Waals surface area contributed by atoms with Crippen molar-refractivity contribution in [2.45, 2.75) is 6.18 Å². The molecule has 1 aromatic carbocycles. The van der Waals surface area contributed by atoms with Crippen molar-refractivity contribution in [1.82, 2.24) is 4.98 Å². The molecule has 0 aliphatic rings. The smallest absolute Gasteiger partial charge is 0.350 e. The molecule has 1 aromatic heterocycles. The van der Waals surface area contributed by atoms with Gasteiger partial charge in [0.05, 0.1) is 10.5 Å². The first-order valence-electron chi connectivity index (χ1n) is 4.28. The Morgan fingerprint density at radius 1 is 1.25 bits per heavy atom. The van der Waals surface area contributed by atoms with Crippen LogP contribution >= 0.6 is 11.6 Å². The number of nitrogens with one attached hydrogen (secondary N) is 1. The van der Waals surface area contributed by atoms with Gasteiger partial charge in [0.25, 0.3) is 0 Å². The number of pyridine rings is 1. The van der Waals surface area contributed by atoms with Crippen LogP contribution in [0.5, 0.6) is 0 Å². The highest BCUT2D eigenvalue weighted by Crippen LogP contribution is 2.29. The Morgan fingerprint density at radius 2 is 1.94 bits per heavy atom.